The molecule has 0 bridgehead atoms. The van der Waals surface area contributed by atoms with Crippen molar-refractivity contribution in [1.29, 1.82) is 0 Å². The third kappa shape index (κ3) is 7.67. The number of hydrogen-bond acceptors (Lipinski definition) is 1. The summed E-state index contributed by atoms with van der Waals surface area (Å²) in [7, 11) is 0. The van der Waals surface area contributed by atoms with E-state index < -0.39 is 0 Å². The van der Waals surface area contributed by atoms with Crippen LogP contribution in [0, 0.1) is 6.42 Å². The van der Waals surface area contributed by atoms with Crippen LogP contribution in [-0.2, 0) is 4.79 Å². The van der Waals surface area contributed by atoms with E-state index in [4.69, 9.17) is 0 Å². The van der Waals surface area contributed by atoms with E-state index in [9.17, 15) is 4.79 Å². The second kappa shape index (κ2) is 6.79. The van der Waals surface area contributed by atoms with Crippen molar-refractivity contribution in [3.05, 3.63) is 6.42 Å². The van der Waals surface area contributed by atoms with Gasteiger partial charge in [-0.3, -0.25) is 0 Å². The summed E-state index contributed by atoms with van der Waals surface area (Å²) in [5.74, 6) is 0.316. The van der Waals surface area contributed by atoms with Gasteiger partial charge in [0.2, 0.25) is 0 Å². The normalized spacial score (nSPS) is 9.80. The van der Waals surface area contributed by atoms with Crippen molar-refractivity contribution in [3.63, 3.8) is 0 Å². The lowest BCUT2D eigenvalue weighted by Gasteiger charge is -1.95. The molecule has 0 N–H and O–H groups in total. The Hall–Kier alpha value is -0.330. The summed E-state index contributed by atoms with van der Waals surface area (Å²) in [6.45, 7) is 3.80. The third-order valence-electron chi connectivity index (χ3n) is 1.48. The second-order valence-corrected chi connectivity index (χ2v) is 2.64. The molecule has 0 aromatic rings. The van der Waals surface area contributed by atoms with Crippen molar-refractivity contribution < 1.29 is 4.79 Å². The molecule has 10 heavy (non-hydrogen) atoms. The molecule has 0 aliphatic rings. The largest absolute Gasteiger partial charge is 0.300 e. The lowest BCUT2D eigenvalue weighted by atomic mass is 10.1. The molecule has 0 aliphatic heterocycles. The van der Waals surface area contributed by atoms with Crippen LogP contribution in [0.15, 0.2) is 0 Å². The molecular formula is C9H17O. The summed E-state index contributed by atoms with van der Waals surface area (Å²) in [5.41, 5.74) is 0. The number of Topliss-reactive ketones (excluding diaryl/α,β-unsaturated/α-hetero) is 1. The average molecular weight is 141 g/mol. The first kappa shape index (κ1) is 9.67. The molecule has 0 heterocycles. The molecule has 0 rings (SSSR count). The zero-order chi connectivity index (χ0) is 7.82. The minimum absolute atomic E-state index is 0.316. The van der Waals surface area contributed by atoms with Gasteiger partial charge in [0.05, 0.1) is 0 Å². The number of ketones is 1. The molecular weight excluding hydrogens is 124 g/mol. The van der Waals surface area contributed by atoms with E-state index >= 15 is 0 Å². The summed E-state index contributed by atoms with van der Waals surface area (Å²) in [6, 6.07) is 0. The SMILES string of the molecule is CC[CH]CCCCC(C)=O. The maximum absolute atomic E-state index is 10.5. The lowest BCUT2D eigenvalue weighted by Crippen LogP contribution is -1.88. The molecule has 59 valence electrons. The van der Waals surface area contributed by atoms with E-state index in [0.29, 0.717) is 5.78 Å². The molecule has 0 saturated carbocycles. The number of carbonyl (C=O) groups excluding carboxylic acids is 1. The highest BCUT2D eigenvalue weighted by atomic mass is 16.1. The molecule has 0 saturated heterocycles. The molecule has 0 spiro atoms. The van der Waals surface area contributed by atoms with Gasteiger partial charge in [0.25, 0.3) is 0 Å². The Labute approximate surface area is 63.8 Å². The van der Waals surface area contributed by atoms with Gasteiger partial charge in [-0.2, -0.15) is 0 Å². The Morgan fingerprint density at radius 3 is 2.60 bits per heavy atom. The predicted octanol–water partition coefficient (Wildman–Crippen LogP) is 2.75. The fraction of sp³-hybridized carbons (Fsp3) is 0.778. The number of rotatable bonds is 6. The van der Waals surface area contributed by atoms with Gasteiger partial charge >= 0.3 is 0 Å². The zero-order valence-electron chi connectivity index (χ0n) is 7.02. The Bertz CT molecular complexity index is 86.7. The smallest absolute Gasteiger partial charge is 0.129 e. The van der Waals surface area contributed by atoms with Crippen LogP contribution >= 0.6 is 0 Å². The summed E-state index contributed by atoms with van der Waals surface area (Å²) in [4.78, 5) is 10.5. The highest BCUT2D eigenvalue weighted by Crippen LogP contribution is 2.03. The van der Waals surface area contributed by atoms with Gasteiger partial charge in [-0.15, -0.1) is 0 Å². The van der Waals surface area contributed by atoms with Gasteiger partial charge in [0.1, 0.15) is 5.78 Å². The quantitative estimate of drug-likeness (QED) is 0.520. The summed E-state index contributed by atoms with van der Waals surface area (Å²) in [5, 5.41) is 0. The molecule has 1 radical (unpaired) electrons. The Morgan fingerprint density at radius 2 is 2.10 bits per heavy atom. The minimum atomic E-state index is 0.316. The van der Waals surface area contributed by atoms with E-state index in [2.05, 4.69) is 13.3 Å². The number of carbonyl (C=O) groups is 1. The van der Waals surface area contributed by atoms with E-state index in [1.807, 2.05) is 0 Å². The van der Waals surface area contributed by atoms with Crippen LogP contribution in [0.5, 0.6) is 0 Å². The third-order valence-corrected chi connectivity index (χ3v) is 1.48. The van der Waals surface area contributed by atoms with Gasteiger partial charge in [-0.05, 0) is 19.8 Å². The van der Waals surface area contributed by atoms with Crippen molar-refractivity contribution in [2.45, 2.75) is 46.0 Å². The van der Waals surface area contributed by atoms with E-state index in [0.717, 1.165) is 19.3 Å². The van der Waals surface area contributed by atoms with Gasteiger partial charge in [-0.25, -0.2) is 0 Å². The molecule has 0 unspecified atom stereocenters. The van der Waals surface area contributed by atoms with Crippen molar-refractivity contribution in [2.24, 2.45) is 0 Å². The zero-order valence-corrected chi connectivity index (χ0v) is 7.02. The molecule has 0 aromatic carbocycles. The van der Waals surface area contributed by atoms with Crippen LogP contribution in [0.25, 0.3) is 0 Å². The van der Waals surface area contributed by atoms with Crippen LogP contribution in [0.3, 0.4) is 0 Å². The second-order valence-electron chi connectivity index (χ2n) is 2.64. The first-order valence-electron chi connectivity index (χ1n) is 4.08. The van der Waals surface area contributed by atoms with E-state index in [-0.39, 0.29) is 0 Å². The predicted molar refractivity (Wildman–Crippen MR) is 43.7 cm³/mol. The average Bonchev–Trinajstić information content (AvgIpc) is 1.87. The van der Waals surface area contributed by atoms with Crippen LogP contribution < -0.4 is 0 Å². The fourth-order valence-corrected chi connectivity index (χ4v) is 0.867. The minimum Gasteiger partial charge on any atom is -0.300 e. The van der Waals surface area contributed by atoms with Crippen LogP contribution in [0.1, 0.15) is 46.0 Å². The first-order chi connectivity index (χ1) is 4.77. The molecule has 0 aromatic heterocycles. The first-order valence-corrected chi connectivity index (χ1v) is 4.08. The van der Waals surface area contributed by atoms with Crippen LogP contribution in [-0.4, -0.2) is 5.78 Å². The van der Waals surface area contributed by atoms with E-state index in [1.165, 1.54) is 12.8 Å². The Kier molecular flexibility index (Phi) is 6.56. The Morgan fingerprint density at radius 1 is 1.40 bits per heavy atom. The number of unbranched alkanes of at least 4 members (excludes halogenated alkanes) is 4. The van der Waals surface area contributed by atoms with Gasteiger partial charge in [-0.1, -0.05) is 26.2 Å². The summed E-state index contributed by atoms with van der Waals surface area (Å²) >= 11 is 0. The van der Waals surface area contributed by atoms with Crippen LogP contribution in [0.2, 0.25) is 0 Å². The monoisotopic (exact) mass is 141 g/mol. The van der Waals surface area contributed by atoms with Gasteiger partial charge in [0.15, 0.2) is 0 Å². The molecule has 0 fully saturated rings. The highest BCUT2D eigenvalue weighted by molar-refractivity contribution is 5.75. The van der Waals surface area contributed by atoms with Gasteiger partial charge < -0.3 is 4.79 Å². The van der Waals surface area contributed by atoms with Crippen molar-refractivity contribution >= 4 is 5.78 Å². The maximum Gasteiger partial charge on any atom is 0.129 e. The fourth-order valence-electron chi connectivity index (χ4n) is 0.867. The highest BCUT2D eigenvalue weighted by Gasteiger charge is 1.92. The Balaban J connectivity index is 2.84. The summed E-state index contributed by atoms with van der Waals surface area (Å²) in [6.07, 6.45) is 7.58. The van der Waals surface area contributed by atoms with Crippen molar-refractivity contribution in [1.82, 2.24) is 0 Å². The molecule has 0 amide bonds. The molecule has 0 atom stereocenters. The van der Waals surface area contributed by atoms with Crippen molar-refractivity contribution in [3.8, 4) is 0 Å². The number of hydrogen-bond donors (Lipinski definition) is 0. The standard InChI is InChI=1S/C9H17O/c1-3-4-5-6-7-8-9(2)10/h4H,3,5-8H2,1-2H3. The van der Waals surface area contributed by atoms with Gasteiger partial charge in [0, 0.05) is 6.42 Å². The topological polar surface area (TPSA) is 17.1 Å². The van der Waals surface area contributed by atoms with Crippen molar-refractivity contribution in [2.75, 3.05) is 0 Å². The molecule has 1 heteroatoms. The van der Waals surface area contributed by atoms with Crippen LogP contribution in [0.4, 0.5) is 0 Å². The molecule has 0 aliphatic carbocycles. The lowest BCUT2D eigenvalue weighted by molar-refractivity contribution is -0.117. The van der Waals surface area contributed by atoms with E-state index in [1.54, 1.807) is 6.92 Å². The maximum atomic E-state index is 10.5. The molecule has 1 nitrogen and oxygen atoms in total. The summed E-state index contributed by atoms with van der Waals surface area (Å²) < 4.78 is 0.